The summed E-state index contributed by atoms with van der Waals surface area (Å²) in [5.74, 6) is -0.845. The summed E-state index contributed by atoms with van der Waals surface area (Å²) in [6, 6.07) is 6.48. The average molecular weight is 399 g/mol. The average Bonchev–Trinajstić information content (AvgIpc) is 2.92. The number of hydrogen-bond acceptors (Lipinski definition) is 6. The van der Waals surface area contributed by atoms with Crippen LogP contribution in [0.3, 0.4) is 0 Å². The van der Waals surface area contributed by atoms with Gasteiger partial charge >= 0.3 is 5.97 Å². The van der Waals surface area contributed by atoms with E-state index in [2.05, 4.69) is 10.3 Å². The Labute approximate surface area is 166 Å². The van der Waals surface area contributed by atoms with Crippen molar-refractivity contribution >= 4 is 39.1 Å². The number of carbonyl (C=O) groups excluding carboxylic acids is 2. The number of nitrogens with one attached hydrogen (secondary N) is 1. The number of anilines is 1. The molecule has 8 heteroatoms. The van der Waals surface area contributed by atoms with Crippen LogP contribution in [0.4, 0.5) is 5.69 Å². The van der Waals surface area contributed by atoms with Gasteiger partial charge in [0.15, 0.2) is 0 Å². The summed E-state index contributed by atoms with van der Waals surface area (Å²) in [6.45, 7) is 7.18. The first kappa shape index (κ1) is 19.8. The number of ether oxygens (including phenoxy) is 1. The highest BCUT2D eigenvalue weighted by Gasteiger charge is 2.15. The summed E-state index contributed by atoms with van der Waals surface area (Å²) in [5.41, 5.74) is 1.45. The van der Waals surface area contributed by atoms with Gasteiger partial charge in [0.25, 0.3) is 5.56 Å². The molecule has 0 unspecified atom stereocenters. The SMILES string of the molecule is Cc1sc2ncn(CC(=O)Nc3cccc(C(=O)OC(C)C)c3)c(=O)c2c1C. The zero-order chi connectivity index (χ0) is 20.4. The molecule has 1 N–H and O–H groups in total. The summed E-state index contributed by atoms with van der Waals surface area (Å²) in [7, 11) is 0. The predicted octanol–water partition coefficient (Wildman–Crippen LogP) is 3.28. The van der Waals surface area contributed by atoms with Gasteiger partial charge in [0.05, 0.1) is 23.4 Å². The van der Waals surface area contributed by atoms with Crippen molar-refractivity contribution in [3.63, 3.8) is 0 Å². The number of esters is 1. The number of nitrogens with zero attached hydrogens (tertiary/aromatic N) is 2. The second kappa shape index (κ2) is 7.93. The molecular formula is C20H21N3O4S. The first-order valence-electron chi connectivity index (χ1n) is 8.82. The van der Waals surface area contributed by atoms with Crippen LogP contribution in [0.1, 0.15) is 34.6 Å². The first-order chi connectivity index (χ1) is 13.3. The summed E-state index contributed by atoms with van der Waals surface area (Å²) < 4.78 is 6.44. The Morgan fingerprint density at radius 2 is 2.04 bits per heavy atom. The third kappa shape index (κ3) is 4.12. The molecule has 1 amide bonds. The molecule has 0 aliphatic rings. The van der Waals surface area contributed by atoms with E-state index in [9.17, 15) is 14.4 Å². The van der Waals surface area contributed by atoms with E-state index in [1.54, 1.807) is 38.1 Å². The number of benzene rings is 1. The van der Waals surface area contributed by atoms with Gasteiger partial charge in [0, 0.05) is 10.6 Å². The second-order valence-electron chi connectivity index (χ2n) is 6.72. The van der Waals surface area contributed by atoms with Crippen LogP contribution in [0.5, 0.6) is 0 Å². The maximum atomic E-state index is 12.7. The number of aryl methyl sites for hydroxylation is 2. The zero-order valence-electron chi connectivity index (χ0n) is 16.1. The lowest BCUT2D eigenvalue weighted by Crippen LogP contribution is -2.28. The number of amides is 1. The Hall–Kier alpha value is -3.00. The highest BCUT2D eigenvalue weighted by Crippen LogP contribution is 2.25. The van der Waals surface area contributed by atoms with E-state index in [-0.39, 0.29) is 24.1 Å². The number of hydrogen-bond donors (Lipinski definition) is 1. The van der Waals surface area contributed by atoms with Gasteiger partial charge in [-0.05, 0) is 51.5 Å². The minimum absolute atomic E-state index is 0.170. The molecule has 1 aromatic carbocycles. The van der Waals surface area contributed by atoms with E-state index >= 15 is 0 Å². The van der Waals surface area contributed by atoms with Crippen molar-refractivity contribution in [1.82, 2.24) is 9.55 Å². The van der Waals surface area contributed by atoms with E-state index < -0.39 is 5.97 Å². The number of fused-ring (bicyclic) bond motifs is 1. The smallest absolute Gasteiger partial charge is 0.338 e. The van der Waals surface area contributed by atoms with E-state index in [1.165, 1.54) is 22.2 Å². The molecule has 7 nitrogen and oxygen atoms in total. The van der Waals surface area contributed by atoms with E-state index in [4.69, 9.17) is 4.74 Å². The lowest BCUT2D eigenvalue weighted by molar-refractivity contribution is -0.116. The largest absolute Gasteiger partial charge is 0.459 e. The molecule has 0 bridgehead atoms. The molecule has 0 spiro atoms. The van der Waals surface area contributed by atoms with Crippen LogP contribution in [0.15, 0.2) is 35.4 Å². The second-order valence-corrected chi connectivity index (χ2v) is 7.93. The van der Waals surface area contributed by atoms with E-state index in [0.717, 1.165) is 10.4 Å². The molecule has 2 heterocycles. The van der Waals surface area contributed by atoms with Crippen LogP contribution >= 0.6 is 11.3 Å². The Morgan fingerprint density at radius 1 is 1.29 bits per heavy atom. The Bertz CT molecular complexity index is 1110. The molecule has 0 saturated carbocycles. The fraction of sp³-hybridized carbons (Fsp3) is 0.300. The van der Waals surface area contributed by atoms with Crippen molar-refractivity contribution in [2.24, 2.45) is 0 Å². The maximum Gasteiger partial charge on any atom is 0.338 e. The van der Waals surface area contributed by atoms with Gasteiger partial charge in [0.1, 0.15) is 11.4 Å². The van der Waals surface area contributed by atoms with Crippen molar-refractivity contribution in [1.29, 1.82) is 0 Å². The lowest BCUT2D eigenvalue weighted by atomic mass is 10.2. The van der Waals surface area contributed by atoms with Crippen molar-refractivity contribution in [2.75, 3.05) is 5.32 Å². The summed E-state index contributed by atoms with van der Waals surface area (Å²) in [5, 5.41) is 3.25. The standard InChI is InChI=1S/C20H21N3O4S/c1-11(2)27-20(26)14-6-5-7-15(8-14)22-16(24)9-23-10-21-18-17(19(23)25)12(3)13(4)28-18/h5-8,10-11H,9H2,1-4H3,(H,22,24). The van der Waals surface area contributed by atoms with Gasteiger partial charge in [-0.25, -0.2) is 9.78 Å². The van der Waals surface area contributed by atoms with Crippen molar-refractivity contribution in [3.8, 4) is 0 Å². The summed E-state index contributed by atoms with van der Waals surface area (Å²) >= 11 is 1.46. The summed E-state index contributed by atoms with van der Waals surface area (Å²) in [4.78, 5) is 43.1. The van der Waals surface area contributed by atoms with E-state index in [0.29, 0.717) is 21.5 Å². The predicted molar refractivity (Wildman–Crippen MR) is 109 cm³/mol. The monoisotopic (exact) mass is 399 g/mol. The molecule has 2 aromatic heterocycles. The van der Waals surface area contributed by atoms with Crippen LogP contribution in [0.2, 0.25) is 0 Å². The molecule has 0 aliphatic heterocycles. The Kier molecular flexibility index (Phi) is 5.60. The molecule has 3 rings (SSSR count). The Morgan fingerprint density at radius 3 is 2.75 bits per heavy atom. The molecule has 0 atom stereocenters. The van der Waals surface area contributed by atoms with Crippen LogP contribution < -0.4 is 10.9 Å². The fourth-order valence-corrected chi connectivity index (χ4v) is 3.73. The minimum atomic E-state index is -0.458. The molecule has 0 saturated heterocycles. The van der Waals surface area contributed by atoms with Crippen LogP contribution in [0, 0.1) is 13.8 Å². The van der Waals surface area contributed by atoms with Crippen LogP contribution in [-0.4, -0.2) is 27.5 Å². The molecule has 0 fully saturated rings. The number of carbonyl (C=O) groups is 2. The number of thiophene rings is 1. The number of rotatable bonds is 5. The summed E-state index contributed by atoms with van der Waals surface area (Å²) in [6.07, 6.45) is 1.15. The van der Waals surface area contributed by atoms with Gasteiger partial charge in [-0.2, -0.15) is 0 Å². The van der Waals surface area contributed by atoms with Crippen LogP contribution in [0.25, 0.3) is 10.2 Å². The van der Waals surface area contributed by atoms with Gasteiger partial charge in [0.2, 0.25) is 5.91 Å². The highest BCUT2D eigenvalue weighted by molar-refractivity contribution is 7.18. The van der Waals surface area contributed by atoms with Crippen molar-refractivity contribution < 1.29 is 14.3 Å². The fourth-order valence-electron chi connectivity index (χ4n) is 2.74. The van der Waals surface area contributed by atoms with E-state index in [1.807, 2.05) is 13.8 Å². The van der Waals surface area contributed by atoms with Crippen molar-refractivity contribution in [2.45, 2.75) is 40.3 Å². The normalized spacial score (nSPS) is 11.0. The molecule has 0 aliphatic carbocycles. The van der Waals surface area contributed by atoms with Gasteiger partial charge in [-0.3, -0.25) is 14.2 Å². The van der Waals surface area contributed by atoms with Crippen LogP contribution in [-0.2, 0) is 16.1 Å². The number of aromatic nitrogens is 2. The van der Waals surface area contributed by atoms with Gasteiger partial charge in [-0.15, -0.1) is 11.3 Å². The van der Waals surface area contributed by atoms with Crippen molar-refractivity contribution in [3.05, 3.63) is 57.0 Å². The third-order valence-corrected chi connectivity index (χ3v) is 5.31. The zero-order valence-corrected chi connectivity index (χ0v) is 16.9. The Balaban J connectivity index is 1.77. The maximum absolute atomic E-state index is 12.7. The highest BCUT2D eigenvalue weighted by atomic mass is 32.1. The molecule has 0 radical (unpaired) electrons. The lowest BCUT2D eigenvalue weighted by Gasteiger charge is -2.10. The first-order valence-corrected chi connectivity index (χ1v) is 9.64. The van der Waals surface area contributed by atoms with Gasteiger partial charge in [-0.1, -0.05) is 6.07 Å². The molecular weight excluding hydrogens is 378 g/mol. The topological polar surface area (TPSA) is 90.3 Å². The van der Waals surface area contributed by atoms with Gasteiger partial charge < -0.3 is 10.1 Å². The quantitative estimate of drug-likeness (QED) is 0.665. The third-order valence-electron chi connectivity index (χ3n) is 4.19. The molecule has 3 aromatic rings. The molecule has 28 heavy (non-hydrogen) atoms. The molecule has 146 valence electrons. The minimum Gasteiger partial charge on any atom is -0.459 e.